The second-order valence-electron chi connectivity index (χ2n) is 15.9. The highest BCUT2D eigenvalue weighted by molar-refractivity contribution is 5.93. The summed E-state index contributed by atoms with van der Waals surface area (Å²) in [4.78, 5) is 21.5. The minimum atomic E-state index is -0.597. The molecule has 9 saturated heterocycles. The van der Waals surface area contributed by atoms with E-state index in [0.29, 0.717) is 39.0 Å². The Bertz CT molecular complexity index is 1280. The number of aliphatic hydroxyl groups excluding tert-OH is 5. The predicted molar refractivity (Wildman–Crippen MR) is 223 cm³/mol. The Labute approximate surface area is 365 Å². The van der Waals surface area contributed by atoms with Gasteiger partial charge in [-0.2, -0.15) is 0 Å². The smallest absolute Gasteiger partial charge is 0.222 e. The molecule has 7 N–H and O–H groups in total. The number of unbranched alkanes of at least 4 members (excludes halogenated alkanes) is 3. The molecule has 11 heterocycles. The molecule has 0 radical (unpaired) electrons. The van der Waals surface area contributed by atoms with E-state index in [-0.39, 0.29) is 93.2 Å². The molecule has 9 fully saturated rings. The number of ether oxygens (including phenoxy) is 11. The lowest BCUT2D eigenvalue weighted by molar-refractivity contribution is -0.152. The number of carbonyl (C=O) groups is 2. The Kier molecular flexibility index (Phi) is 24.5. The van der Waals surface area contributed by atoms with Crippen molar-refractivity contribution in [1.82, 2.24) is 0 Å². The minimum absolute atomic E-state index is 0. The van der Waals surface area contributed by atoms with Gasteiger partial charge in [-0.05, 0) is 82.8 Å². The summed E-state index contributed by atoms with van der Waals surface area (Å²) in [5.74, 6) is 0.0208. The van der Waals surface area contributed by atoms with Crippen molar-refractivity contribution in [3.63, 3.8) is 0 Å². The van der Waals surface area contributed by atoms with Crippen molar-refractivity contribution in [2.75, 3.05) is 59.5 Å². The van der Waals surface area contributed by atoms with Crippen molar-refractivity contribution in [3.8, 4) is 0 Å². The van der Waals surface area contributed by atoms with Gasteiger partial charge in [0.1, 0.15) is 24.4 Å². The molecule has 0 aromatic heterocycles. The number of aliphatic hydroxyl groups is 5. The molecule has 0 saturated carbocycles. The number of hydrogen-bond donors (Lipinski definition) is 5. The van der Waals surface area contributed by atoms with Gasteiger partial charge >= 0.3 is 0 Å². The number of rotatable bonds is 6. The minimum Gasteiger partial charge on any atom is -0.412 e. The molecule has 0 aromatic rings. The van der Waals surface area contributed by atoms with Gasteiger partial charge in [-0.25, -0.2) is 0 Å². The molecule has 19 heteroatoms. The maximum Gasteiger partial charge on any atom is 0.222 e. The highest BCUT2D eigenvalue weighted by Crippen LogP contribution is 2.28. The lowest BCUT2D eigenvalue weighted by Crippen LogP contribution is -2.32. The number of fused-ring (bicyclic) bond motifs is 10. The molecule has 0 amide bonds. The van der Waals surface area contributed by atoms with Crippen LogP contribution in [-0.2, 0) is 61.7 Å². The van der Waals surface area contributed by atoms with Gasteiger partial charge in [0.05, 0.1) is 64.1 Å². The first-order valence-electron chi connectivity index (χ1n) is 21.8. The quantitative estimate of drug-likeness (QED) is 0.188. The summed E-state index contributed by atoms with van der Waals surface area (Å²) < 4.78 is 56.5. The maximum atomic E-state index is 10.8. The molecule has 13 atom stereocenters. The fourth-order valence-corrected chi connectivity index (χ4v) is 7.36. The van der Waals surface area contributed by atoms with Crippen LogP contribution in [0.15, 0.2) is 24.3 Å². The molecule has 11 aliphatic rings. The second-order valence-corrected chi connectivity index (χ2v) is 15.9. The van der Waals surface area contributed by atoms with E-state index in [9.17, 15) is 9.59 Å². The third kappa shape index (κ3) is 18.3. The maximum absolute atomic E-state index is 10.8. The SMILES string of the molecule is C1CC2COC(C1)O2.O.O=C1C=CC2COC1O2.O=C1CCC2COC1O2.OC1C=CC2COC1O2.OC1CCC2COC1O2.OCC1CCCCO1.OCCCCCCO.[HH].[HH].[HH].[HH].[HH]. The van der Waals surface area contributed by atoms with E-state index < -0.39 is 25.0 Å². The topological polar surface area (TPSA) is 268 Å². The monoisotopic (exact) mass is 889 g/mol. The summed E-state index contributed by atoms with van der Waals surface area (Å²) in [6, 6.07) is 0. The van der Waals surface area contributed by atoms with Crippen LogP contribution in [0, 0.1) is 0 Å². The zero-order valence-corrected chi connectivity index (χ0v) is 35.1. The van der Waals surface area contributed by atoms with Crippen LogP contribution in [0.1, 0.15) is 97.0 Å². The second kappa shape index (κ2) is 28.8. The Morgan fingerprint density at radius 1 is 0.574 bits per heavy atom. The Balaban J connectivity index is 0. The van der Waals surface area contributed by atoms with Gasteiger partial charge < -0.3 is 83.1 Å². The summed E-state index contributed by atoms with van der Waals surface area (Å²) >= 11 is 0. The Morgan fingerprint density at radius 3 is 1.90 bits per heavy atom. The zero-order valence-electron chi connectivity index (χ0n) is 35.1. The zero-order chi connectivity index (χ0) is 42.5. The molecule has 10 bridgehead atoms. The van der Waals surface area contributed by atoms with E-state index in [4.69, 9.17) is 77.6 Å². The van der Waals surface area contributed by atoms with Crippen LogP contribution in [0.25, 0.3) is 0 Å². The van der Waals surface area contributed by atoms with Gasteiger partial charge in [0, 0.05) is 33.4 Å². The fourth-order valence-electron chi connectivity index (χ4n) is 7.36. The first-order chi connectivity index (χ1) is 29.2. The normalized spacial score (nSPS) is 37.6. The first kappa shape index (κ1) is 51.8. The lowest BCUT2D eigenvalue weighted by Gasteiger charge is -2.22. The number of ketones is 2. The predicted octanol–water partition coefficient (Wildman–Crippen LogP) is 1.90. The number of Topliss-reactive ketones (excluding diaryl/α,β-unsaturated/α-hetero) is 1. The molecule has 61 heavy (non-hydrogen) atoms. The van der Waals surface area contributed by atoms with Crippen LogP contribution in [0.3, 0.4) is 0 Å². The van der Waals surface area contributed by atoms with Gasteiger partial charge in [-0.15, -0.1) is 0 Å². The first-order valence-corrected chi connectivity index (χ1v) is 21.8. The standard InChI is InChI=1S/C6H10O3.2C6H8O3.C6H6O3.C6H10O2.C6H12O2.C6H14O2.H2O.5H2/c4*7-5-2-1-4-3-8-6(5)9-4;1-2-5-4-7-6(3-1)8-5;7-5-6-3-1-2-4-8-6;7-5-3-1-2-4-6-8;;;;;;/h4-7H,1-3H2;4,6H,1-3H2;1-2,4-7H,3H2;1-2,4,6H,3H2;5-6H,1-4H2;6-7H,1-5H2;7-8H,1-6H2;1H2;5*1H. The molecular formula is C42H80O19. The van der Waals surface area contributed by atoms with Crippen molar-refractivity contribution in [1.29, 1.82) is 0 Å². The molecule has 0 aromatic carbocycles. The third-order valence-corrected chi connectivity index (χ3v) is 10.9. The molecule has 0 spiro atoms. The molecule has 362 valence electrons. The molecular weight excluding hydrogens is 808 g/mol. The fraction of sp³-hybridized carbons (Fsp3) is 0.857. The van der Waals surface area contributed by atoms with Gasteiger partial charge in [-0.3, -0.25) is 9.59 Å². The van der Waals surface area contributed by atoms with E-state index in [1.807, 2.05) is 6.08 Å². The molecule has 11 rings (SSSR count). The molecule has 11 aliphatic heterocycles. The summed E-state index contributed by atoms with van der Waals surface area (Å²) in [5, 5.41) is 43.4. The van der Waals surface area contributed by atoms with Crippen molar-refractivity contribution in [2.24, 2.45) is 0 Å². The highest BCUT2D eigenvalue weighted by Gasteiger charge is 2.38. The van der Waals surface area contributed by atoms with Crippen LogP contribution in [-0.4, -0.2) is 182 Å². The highest BCUT2D eigenvalue weighted by atomic mass is 16.8. The van der Waals surface area contributed by atoms with Gasteiger partial charge in [-0.1, -0.05) is 25.0 Å². The van der Waals surface area contributed by atoms with E-state index in [1.54, 1.807) is 12.2 Å². The Hall–Kier alpha value is -1.86. The molecule has 0 aliphatic carbocycles. The summed E-state index contributed by atoms with van der Waals surface area (Å²) in [6.07, 6.45) is 19.4. The van der Waals surface area contributed by atoms with Crippen LogP contribution >= 0.6 is 0 Å². The molecule has 13 unspecified atom stereocenters. The average molecular weight is 889 g/mol. The van der Waals surface area contributed by atoms with Gasteiger partial charge in [0.25, 0.3) is 0 Å². The van der Waals surface area contributed by atoms with E-state index in [2.05, 4.69) is 0 Å². The lowest BCUT2D eigenvalue weighted by atomic mass is 10.1. The van der Waals surface area contributed by atoms with Crippen LogP contribution < -0.4 is 0 Å². The van der Waals surface area contributed by atoms with Crippen molar-refractivity contribution < 1.29 is 99.8 Å². The summed E-state index contributed by atoms with van der Waals surface area (Å²) in [5.41, 5.74) is 0. The van der Waals surface area contributed by atoms with Gasteiger partial charge in [0.2, 0.25) is 18.4 Å². The number of carbonyl (C=O) groups excluding carboxylic acids is 2. The van der Waals surface area contributed by atoms with Crippen LogP contribution in [0.4, 0.5) is 0 Å². The van der Waals surface area contributed by atoms with E-state index in [0.717, 1.165) is 77.4 Å². The van der Waals surface area contributed by atoms with Crippen LogP contribution in [0.5, 0.6) is 0 Å². The largest absolute Gasteiger partial charge is 0.412 e. The van der Waals surface area contributed by atoms with E-state index in [1.165, 1.54) is 25.3 Å². The summed E-state index contributed by atoms with van der Waals surface area (Å²) in [6.45, 7) is 4.82. The third-order valence-electron chi connectivity index (χ3n) is 10.9. The summed E-state index contributed by atoms with van der Waals surface area (Å²) in [7, 11) is 0. The van der Waals surface area contributed by atoms with Crippen molar-refractivity contribution in [2.45, 2.75) is 170 Å². The Morgan fingerprint density at radius 2 is 1.26 bits per heavy atom. The van der Waals surface area contributed by atoms with Crippen molar-refractivity contribution in [3.05, 3.63) is 24.3 Å². The van der Waals surface area contributed by atoms with Crippen molar-refractivity contribution >= 4 is 11.6 Å². The molecule has 19 nitrogen and oxygen atoms in total. The van der Waals surface area contributed by atoms with Gasteiger partial charge in [0.15, 0.2) is 24.7 Å². The van der Waals surface area contributed by atoms with Crippen LogP contribution in [0.2, 0.25) is 0 Å². The number of hydrogen-bond acceptors (Lipinski definition) is 18. The van der Waals surface area contributed by atoms with E-state index >= 15 is 0 Å². The average Bonchev–Trinajstić information content (AvgIpc) is 4.13.